The predicted molar refractivity (Wildman–Crippen MR) is 62.0 cm³/mol. The molecule has 0 spiro atoms. The largest absolute Gasteiger partial charge is 0.469 e. The van der Waals surface area contributed by atoms with Crippen molar-refractivity contribution in [2.75, 3.05) is 33.3 Å². The van der Waals surface area contributed by atoms with Crippen LogP contribution in [-0.2, 0) is 14.3 Å². The van der Waals surface area contributed by atoms with Crippen LogP contribution in [0.15, 0.2) is 0 Å². The first-order valence-corrected chi connectivity index (χ1v) is 5.63. The molecule has 1 amide bonds. The molecule has 5 nitrogen and oxygen atoms in total. The van der Waals surface area contributed by atoms with Crippen molar-refractivity contribution in [1.29, 1.82) is 0 Å². The fourth-order valence-corrected chi connectivity index (χ4v) is 1.37. The summed E-state index contributed by atoms with van der Waals surface area (Å²) in [5.41, 5.74) is 0. The normalized spacial score (nSPS) is 12.0. The van der Waals surface area contributed by atoms with E-state index in [1.54, 1.807) is 11.8 Å². The van der Waals surface area contributed by atoms with Crippen LogP contribution >= 0.6 is 0 Å². The van der Waals surface area contributed by atoms with Crippen molar-refractivity contribution < 1.29 is 14.3 Å². The lowest BCUT2D eigenvalue weighted by molar-refractivity contribution is -0.144. The second kappa shape index (κ2) is 8.10. The van der Waals surface area contributed by atoms with Gasteiger partial charge in [-0.3, -0.25) is 9.59 Å². The van der Waals surface area contributed by atoms with Crippen LogP contribution in [0.1, 0.15) is 20.8 Å². The van der Waals surface area contributed by atoms with E-state index in [2.05, 4.69) is 10.1 Å². The molecule has 0 bridgehead atoms. The first kappa shape index (κ1) is 14.9. The Balaban J connectivity index is 3.81. The van der Waals surface area contributed by atoms with Gasteiger partial charge in [0.25, 0.3) is 0 Å². The van der Waals surface area contributed by atoms with Crippen LogP contribution in [0.2, 0.25) is 0 Å². The number of amides is 1. The number of hydrogen-bond donors (Lipinski definition) is 1. The summed E-state index contributed by atoms with van der Waals surface area (Å²) in [6, 6.07) is 0. The van der Waals surface area contributed by atoms with Crippen LogP contribution in [-0.4, -0.2) is 50.1 Å². The number of nitrogens with one attached hydrogen (secondary N) is 1. The van der Waals surface area contributed by atoms with Gasteiger partial charge in [-0.2, -0.15) is 0 Å². The van der Waals surface area contributed by atoms with Gasteiger partial charge >= 0.3 is 5.97 Å². The van der Waals surface area contributed by atoms with Crippen molar-refractivity contribution >= 4 is 11.9 Å². The van der Waals surface area contributed by atoms with Crippen molar-refractivity contribution in [2.45, 2.75) is 20.8 Å². The standard InChI is InChI=1S/C11H22N2O3/c1-5-13(6-2)10(14)8-12-7-9(3)11(15)16-4/h9,12H,5-8H2,1-4H3. The molecular formula is C11H22N2O3. The number of carbonyl (C=O) groups is 2. The van der Waals surface area contributed by atoms with E-state index in [9.17, 15) is 9.59 Å². The Hall–Kier alpha value is -1.10. The Bertz CT molecular complexity index is 227. The molecule has 0 aromatic rings. The van der Waals surface area contributed by atoms with Crippen LogP contribution in [0.5, 0.6) is 0 Å². The van der Waals surface area contributed by atoms with Crippen LogP contribution in [0.3, 0.4) is 0 Å². The zero-order valence-electron chi connectivity index (χ0n) is 10.6. The van der Waals surface area contributed by atoms with E-state index >= 15 is 0 Å². The van der Waals surface area contributed by atoms with E-state index in [1.807, 2.05) is 13.8 Å². The number of hydrogen-bond acceptors (Lipinski definition) is 4. The first-order valence-electron chi connectivity index (χ1n) is 5.63. The SMILES string of the molecule is CCN(CC)C(=O)CNCC(C)C(=O)OC. The Kier molecular flexibility index (Phi) is 7.54. The lowest BCUT2D eigenvalue weighted by Crippen LogP contribution is -2.39. The molecule has 0 aromatic carbocycles. The zero-order chi connectivity index (χ0) is 12.6. The molecule has 1 atom stereocenters. The summed E-state index contributed by atoms with van der Waals surface area (Å²) in [6.07, 6.45) is 0. The number of carbonyl (C=O) groups excluding carboxylic acids is 2. The Morgan fingerprint density at radius 2 is 1.88 bits per heavy atom. The molecule has 0 aromatic heterocycles. The van der Waals surface area contributed by atoms with E-state index in [0.29, 0.717) is 19.6 Å². The molecule has 94 valence electrons. The first-order chi connectivity index (χ1) is 7.56. The van der Waals surface area contributed by atoms with E-state index in [4.69, 9.17) is 0 Å². The van der Waals surface area contributed by atoms with Crippen LogP contribution in [0.4, 0.5) is 0 Å². The number of nitrogens with zero attached hydrogens (tertiary/aromatic N) is 1. The van der Waals surface area contributed by atoms with Crippen LogP contribution in [0.25, 0.3) is 0 Å². The summed E-state index contributed by atoms with van der Waals surface area (Å²) in [5, 5.41) is 2.96. The summed E-state index contributed by atoms with van der Waals surface area (Å²) in [6.45, 7) is 7.80. The fraction of sp³-hybridized carbons (Fsp3) is 0.818. The lowest BCUT2D eigenvalue weighted by atomic mass is 10.2. The van der Waals surface area contributed by atoms with E-state index < -0.39 is 0 Å². The molecule has 5 heteroatoms. The minimum atomic E-state index is -0.261. The van der Waals surface area contributed by atoms with Crippen molar-refractivity contribution in [3.8, 4) is 0 Å². The molecule has 0 heterocycles. The minimum Gasteiger partial charge on any atom is -0.469 e. The number of methoxy groups -OCH3 is 1. The third-order valence-electron chi connectivity index (χ3n) is 2.45. The third-order valence-corrected chi connectivity index (χ3v) is 2.45. The van der Waals surface area contributed by atoms with Gasteiger partial charge in [-0.15, -0.1) is 0 Å². The Labute approximate surface area is 97.1 Å². The molecule has 0 rings (SSSR count). The van der Waals surface area contributed by atoms with Crippen molar-refractivity contribution in [1.82, 2.24) is 10.2 Å². The highest BCUT2D eigenvalue weighted by Crippen LogP contribution is 1.95. The monoisotopic (exact) mass is 230 g/mol. The maximum Gasteiger partial charge on any atom is 0.309 e. The summed E-state index contributed by atoms with van der Waals surface area (Å²) >= 11 is 0. The smallest absolute Gasteiger partial charge is 0.309 e. The van der Waals surface area contributed by atoms with Gasteiger partial charge in [-0.05, 0) is 13.8 Å². The van der Waals surface area contributed by atoms with Gasteiger partial charge < -0.3 is 15.0 Å². The maximum absolute atomic E-state index is 11.6. The molecule has 1 N–H and O–H groups in total. The molecule has 0 aliphatic rings. The highest BCUT2D eigenvalue weighted by atomic mass is 16.5. The molecule has 0 aliphatic carbocycles. The average molecular weight is 230 g/mol. The summed E-state index contributed by atoms with van der Waals surface area (Å²) in [5.74, 6) is -0.431. The van der Waals surface area contributed by atoms with Gasteiger partial charge in [0.15, 0.2) is 0 Å². The van der Waals surface area contributed by atoms with Gasteiger partial charge in [0.1, 0.15) is 0 Å². The van der Waals surface area contributed by atoms with Gasteiger partial charge in [-0.25, -0.2) is 0 Å². The number of likely N-dealkylation sites (N-methyl/N-ethyl adjacent to an activating group) is 1. The average Bonchev–Trinajstić information content (AvgIpc) is 2.29. The zero-order valence-corrected chi connectivity index (χ0v) is 10.6. The molecule has 0 fully saturated rings. The molecular weight excluding hydrogens is 208 g/mol. The summed E-state index contributed by atoms with van der Waals surface area (Å²) < 4.78 is 4.59. The number of rotatable bonds is 7. The highest BCUT2D eigenvalue weighted by molar-refractivity contribution is 5.78. The molecule has 0 radical (unpaired) electrons. The Morgan fingerprint density at radius 3 is 2.31 bits per heavy atom. The lowest BCUT2D eigenvalue weighted by Gasteiger charge is -2.19. The highest BCUT2D eigenvalue weighted by Gasteiger charge is 2.14. The van der Waals surface area contributed by atoms with Gasteiger partial charge in [0.05, 0.1) is 19.6 Å². The topological polar surface area (TPSA) is 58.6 Å². The second-order valence-electron chi connectivity index (χ2n) is 3.62. The number of ether oxygens (including phenoxy) is 1. The second-order valence-corrected chi connectivity index (χ2v) is 3.62. The predicted octanol–water partition coefficient (Wildman–Crippen LogP) is 0.254. The van der Waals surface area contributed by atoms with Gasteiger partial charge in [0.2, 0.25) is 5.91 Å². The van der Waals surface area contributed by atoms with E-state index in [-0.39, 0.29) is 24.3 Å². The van der Waals surface area contributed by atoms with Gasteiger partial charge in [-0.1, -0.05) is 6.92 Å². The molecule has 16 heavy (non-hydrogen) atoms. The number of esters is 1. The van der Waals surface area contributed by atoms with Gasteiger partial charge in [0, 0.05) is 19.6 Å². The Morgan fingerprint density at radius 1 is 1.31 bits per heavy atom. The van der Waals surface area contributed by atoms with Crippen LogP contribution in [0, 0.1) is 5.92 Å². The third kappa shape index (κ3) is 5.11. The van der Waals surface area contributed by atoms with E-state index in [1.165, 1.54) is 7.11 Å². The van der Waals surface area contributed by atoms with Crippen molar-refractivity contribution in [3.63, 3.8) is 0 Å². The molecule has 1 unspecified atom stereocenters. The molecule has 0 aliphatic heterocycles. The molecule has 0 saturated heterocycles. The van der Waals surface area contributed by atoms with Crippen LogP contribution < -0.4 is 5.32 Å². The summed E-state index contributed by atoms with van der Waals surface area (Å²) in [4.78, 5) is 24.4. The van der Waals surface area contributed by atoms with E-state index in [0.717, 1.165) is 0 Å². The quantitative estimate of drug-likeness (QED) is 0.637. The van der Waals surface area contributed by atoms with Crippen molar-refractivity contribution in [2.24, 2.45) is 5.92 Å². The minimum absolute atomic E-state index is 0.0575. The molecule has 0 saturated carbocycles. The van der Waals surface area contributed by atoms with Crippen molar-refractivity contribution in [3.05, 3.63) is 0 Å². The summed E-state index contributed by atoms with van der Waals surface area (Å²) in [7, 11) is 1.36. The maximum atomic E-state index is 11.6. The fourth-order valence-electron chi connectivity index (χ4n) is 1.37.